The van der Waals surface area contributed by atoms with Gasteiger partial charge >= 0.3 is 0 Å². The number of amides is 2. The van der Waals surface area contributed by atoms with Gasteiger partial charge in [0.25, 0.3) is 11.8 Å². The molecule has 3 rings (SSSR count). The van der Waals surface area contributed by atoms with Crippen LogP contribution < -0.4 is 5.73 Å². The highest BCUT2D eigenvalue weighted by Crippen LogP contribution is 2.35. The molecule has 5 nitrogen and oxygen atoms in total. The van der Waals surface area contributed by atoms with E-state index in [1.807, 2.05) is 13.0 Å². The van der Waals surface area contributed by atoms with E-state index in [9.17, 15) is 9.59 Å². The van der Waals surface area contributed by atoms with Crippen LogP contribution in [0, 0.1) is 6.92 Å². The molecular formula is C15H18N2O3. The smallest absolute Gasteiger partial charge is 0.262 e. The number of nitrogens with zero attached hydrogens (tertiary/aromatic N) is 1. The first-order valence-corrected chi connectivity index (χ1v) is 6.86. The van der Waals surface area contributed by atoms with Gasteiger partial charge in [0.1, 0.15) is 0 Å². The summed E-state index contributed by atoms with van der Waals surface area (Å²) in [5.41, 5.74) is 7.26. The van der Waals surface area contributed by atoms with Crippen molar-refractivity contribution in [3.8, 4) is 0 Å². The largest absolute Gasteiger partial charge is 0.381 e. The fourth-order valence-corrected chi connectivity index (χ4v) is 3.06. The van der Waals surface area contributed by atoms with Crippen LogP contribution in [0.25, 0.3) is 0 Å². The fourth-order valence-electron chi connectivity index (χ4n) is 3.06. The number of benzene rings is 1. The van der Waals surface area contributed by atoms with Gasteiger partial charge in [-0.2, -0.15) is 0 Å². The van der Waals surface area contributed by atoms with Crippen LogP contribution in [0.5, 0.6) is 0 Å². The number of hydrogen-bond donors (Lipinski definition) is 1. The molecule has 0 spiro atoms. The van der Waals surface area contributed by atoms with Crippen LogP contribution in [-0.4, -0.2) is 42.0 Å². The van der Waals surface area contributed by atoms with E-state index < -0.39 is 5.54 Å². The summed E-state index contributed by atoms with van der Waals surface area (Å²) in [4.78, 5) is 26.6. The summed E-state index contributed by atoms with van der Waals surface area (Å²) >= 11 is 0. The summed E-state index contributed by atoms with van der Waals surface area (Å²) < 4.78 is 5.35. The minimum atomic E-state index is -0.598. The van der Waals surface area contributed by atoms with Gasteiger partial charge in [-0.3, -0.25) is 14.5 Å². The molecule has 1 aromatic rings. The molecule has 1 aromatic carbocycles. The summed E-state index contributed by atoms with van der Waals surface area (Å²) in [5, 5.41) is 0. The van der Waals surface area contributed by atoms with Crippen LogP contribution in [0.3, 0.4) is 0 Å². The van der Waals surface area contributed by atoms with E-state index in [1.165, 1.54) is 4.90 Å². The SMILES string of the molecule is Cc1ccc2c(c1)C(=O)N(C1(CN)CCOCC1)C2=O. The maximum absolute atomic E-state index is 12.6. The zero-order chi connectivity index (χ0) is 14.3. The van der Waals surface area contributed by atoms with Crippen LogP contribution in [-0.2, 0) is 4.74 Å². The van der Waals surface area contributed by atoms with Gasteiger partial charge in [-0.25, -0.2) is 0 Å². The van der Waals surface area contributed by atoms with Crippen molar-refractivity contribution in [3.05, 3.63) is 34.9 Å². The quantitative estimate of drug-likeness (QED) is 0.820. The van der Waals surface area contributed by atoms with Gasteiger partial charge in [0.05, 0.1) is 16.7 Å². The van der Waals surface area contributed by atoms with Crippen molar-refractivity contribution in [2.75, 3.05) is 19.8 Å². The Labute approximate surface area is 117 Å². The molecular weight excluding hydrogens is 256 g/mol. The first-order valence-electron chi connectivity index (χ1n) is 6.86. The zero-order valence-electron chi connectivity index (χ0n) is 11.5. The molecule has 2 amide bonds. The molecule has 2 aliphatic rings. The Balaban J connectivity index is 2.04. The predicted octanol–water partition coefficient (Wildman–Crippen LogP) is 1.10. The van der Waals surface area contributed by atoms with Crippen molar-refractivity contribution in [3.63, 3.8) is 0 Å². The Hall–Kier alpha value is -1.72. The Bertz CT molecular complexity index is 576. The van der Waals surface area contributed by atoms with E-state index in [1.54, 1.807) is 12.1 Å². The lowest BCUT2D eigenvalue weighted by Crippen LogP contribution is -2.59. The summed E-state index contributed by atoms with van der Waals surface area (Å²) in [6.45, 7) is 3.25. The van der Waals surface area contributed by atoms with Crippen LogP contribution in [0.1, 0.15) is 39.1 Å². The van der Waals surface area contributed by atoms with Crippen molar-refractivity contribution in [2.45, 2.75) is 25.3 Å². The standard InChI is InChI=1S/C15H18N2O3/c1-10-2-3-11-12(8-10)14(19)17(13(11)18)15(9-16)4-6-20-7-5-15/h2-3,8H,4-7,9,16H2,1H3. The minimum Gasteiger partial charge on any atom is -0.381 e. The lowest BCUT2D eigenvalue weighted by Gasteiger charge is -2.42. The van der Waals surface area contributed by atoms with Crippen LogP contribution >= 0.6 is 0 Å². The molecule has 0 unspecified atom stereocenters. The average molecular weight is 274 g/mol. The number of carbonyl (C=O) groups is 2. The lowest BCUT2D eigenvalue weighted by molar-refractivity contribution is -0.00774. The monoisotopic (exact) mass is 274 g/mol. The van der Waals surface area contributed by atoms with Crippen LogP contribution in [0.4, 0.5) is 0 Å². The van der Waals surface area contributed by atoms with E-state index in [0.717, 1.165) is 5.56 Å². The van der Waals surface area contributed by atoms with Gasteiger partial charge in [-0.15, -0.1) is 0 Å². The molecule has 2 N–H and O–H groups in total. The Morgan fingerprint density at radius 1 is 1.20 bits per heavy atom. The summed E-state index contributed by atoms with van der Waals surface area (Å²) in [6, 6.07) is 5.36. The fraction of sp³-hybridized carbons (Fsp3) is 0.467. The molecule has 106 valence electrons. The van der Waals surface area contributed by atoms with Gasteiger partial charge in [-0.1, -0.05) is 11.6 Å². The van der Waals surface area contributed by atoms with E-state index in [0.29, 0.717) is 37.2 Å². The third-order valence-electron chi connectivity index (χ3n) is 4.32. The Kier molecular flexibility index (Phi) is 3.11. The van der Waals surface area contributed by atoms with E-state index in [2.05, 4.69) is 0 Å². The van der Waals surface area contributed by atoms with Crippen molar-refractivity contribution in [1.82, 2.24) is 4.90 Å². The molecule has 0 atom stereocenters. The molecule has 2 heterocycles. The number of carbonyl (C=O) groups excluding carboxylic acids is 2. The highest BCUT2D eigenvalue weighted by molar-refractivity contribution is 6.22. The maximum atomic E-state index is 12.6. The minimum absolute atomic E-state index is 0.221. The molecule has 2 aliphatic heterocycles. The van der Waals surface area contributed by atoms with Crippen molar-refractivity contribution in [1.29, 1.82) is 0 Å². The van der Waals surface area contributed by atoms with Crippen LogP contribution in [0.2, 0.25) is 0 Å². The van der Waals surface area contributed by atoms with Crippen molar-refractivity contribution in [2.24, 2.45) is 5.73 Å². The number of ether oxygens (including phenoxy) is 1. The average Bonchev–Trinajstić information content (AvgIpc) is 2.71. The third kappa shape index (κ3) is 1.77. The predicted molar refractivity (Wildman–Crippen MR) is 73.5 cm³/mol. The molecule has 20 heavy (non-hydrogen) atoms. The van der Waals surface area contributed by atoms with Gasteiger partial charge in [-0.05, 0) is 31.9 Å². The highest BCUT2D eigenvalue weighted by Gasteiger charge is 2.48. The number of fused-ring (bicyclic) bond motifs is 1. The molecule has 1 saturated heterocycles. The first kappa shape index (κ1) is 13.3. The van der Waals surface area contributed by atoms with Gasteiger partial charge in [0.15, 0.2) is 0 Å². The molecule has 0 bridgehead atoms. The van der Waals surface area contributed by atoms with E-state index in [-0.39, 0.29) is 18.4 Å². The number of aryl methyl sites for hydroxylation is 1. The van der Waals surface area contributed by atoms with Crippen molar-refractivity contribution < 1.29 is 14.3 Å². The number of nitrogens with two attached hydrogens (primary N) is 1. The number of rotatable bonds is 2. The zero-order valence-corrected chi connectivity index (χ0v) is 11.5. The Morgan fingerprint density at radius 2 is 1.85 bits per heavy atom. The normalized spacial score (nSPS) is 21.2. The summed E-state index contributed by atoms with van der Waals surface area (Å²) in [7, 11) is 0. The maximum Gasteiger partial charge on any atom is 0.262 e. The van der Waals surface area contributed by atoms with Gasteiger partial charge in [0.2, 0.25) is 0 Å². The summed E-state index contributed by atoms with van der Waals surface area (Å²) in [6.07, 6.45) is 1.21. The van der Waals surface area contributed by atoms with Gasteiger partial charge < -0.3 is 10.5 Å². The topological polar surface area (TPSA) is 72.6 Å². The molecule has 0 saturated carbocycles. The summed E-state index contributed by atoms with van der Waals surface area (Å²) in [5.74, 6) is -0.446. The van der Waals surface area contributed by atoms with E-state index in [4.69, 9.17) is 10.5 Å². The number of hydrogen-bond acceptors (Lipinski definition) is 4. The second kappa shape index (κ2) is 4.68. The molecule has 0 radical (unpaired) electrons. The highest BCUT2D eigenvalue weighted by atomic mass is 16.5. The first-order chi connectivity index (χ1) is 9.59. The third-order valence-corrected chi connectivity index (χ3v) is 4.32. The molecule has 0 aliphatic carbocycles. The molecule has 5 heteroatoms. The molecule has 0 aromatic heterocycles. The second-order valence-electron chi connectivity index (χ2n) is 5.54. The van der Waals surface area contributed by atoms with Crippen molar-refractivity contribution >= 4 is 11.8 Å². The van der Waals surface area contributed by atoms with Gasteiger partial charge in [0, 0.05) is 19.8 Å². The second-order valence-corrected chi connectivity index (χ2v) is 5.54. The lowest BCUT2D eigenvalue weighted by atomic mass is 9.88. The Morgan fingerprint density at radius 3 is 2.50 bits per heavy atom. The molecule has 1 fully saturated rings. The van der Waals surface area contributed by atoms with E-state index >= 15 is 0 Å². The number of imide groups is 1. The van der Waals surface area contributed by atoms with Crippen LogP contribution in [0.15, 0.2) is 18.2 Å².